The van der Waals surface area contributed by atoms with E-state index in [1.807, 2.05) is 32.1 Å². The molecular formula is C47H54O10. The summed E-state index contributed by atoms with van der Waals surface area (Å²) in [5, 5.41) is 0.576. The van der Waals surface area contributed by atoms with Crippen molar-refractivity contribution in [3.05, 3.63) is 75.7 Å². The van der Waals surface area contributed by atoms with Crippen molar-refractivity contribution in [3.8, 4) is 34.1 Å². The van der Waals surface area contributed by atoms with Crippen LogP contribution < -0.4 is 24.6 Å². The number of hydrogen-bond donors (Lipinski definition) is 0. The van der Waals surface area contributed by atoms with Gasteiger partial charge >= 0.3 is 11.6 Å². The molecule has 0 amide bonds. The number of fused-ring (bicyclic) bond motifs is 7. The molecule has 0 N–H and O–H groups in total. The van der Waals surface area contributed by atoms with Crippen LogP contribution in [0.2, 0.25) is 0 Å². The molecule has 8 rings (SSSR count). The zero-order chi connectivity index (χ0) is 41.2. The number of ketones is 2. The molecule has 0 radical (unpaired) electrons. The number of rotatable bonds is 6. The van der Waals surface area contributed by atoms with Crippen molar-refractivity contribution < 1.29 is 42.5 Å². The lowest BCUT2D eigenvalue weighted by Crippen LogP contribution is -2.58. The largest absolute Gasteiger partial charge is 0.497 e. The molecule has 0 bridgehead atoms. The van der Waals surface area contributed by atoms with Gasteiger partial charge in [0, 0.05) is 24.8 Å². The van der Waals surface area contributed by atoms with Crippen molar-refractivity contribution in [1.82, 2.24) is 0 Å². The zero-order valence-corrected chi connectivity index (χ0v) is 34.8. The van der Waals surface area contributed by atoms with E-state index in [2.05, 4.69) is 26.8 Å². The maximum atomic E-state index is 12.9. The van der Waals surface area contributed by atoms with E-state index in [1.165, 1.54) is 25.2 Å². The monoisotopic (exact) mass is 778 g/mol. The first-order valence-corrected chi connectivity index (χ1v) is 19.9. The molecule has 2 saturated carbocycles. The summed E-state index contributed by atoms with van der Waals surface area (Å²) in [6.45, 7) is 13.5. The summed E-state index contributed by atoms with van der Waals surface area (Å²) in [7, 11) is 4.68. The van der Waals surface area contributed by atoms with Crippen LogP contribution in [0.25, 0.3) is 28.2 Å². The van der Waals surface area contributed by atoms with Crippen molar-refractivity contribution in [2.75, 3.05) is 21.3 Å². The lowest BCUT2D eigenvalue weighted by atomic mass is 9.47. The second kappa shape index (κ2) is 14.4. The molecule has 4 aliphatic carbocycles. The third-order valence-electron chi connectivity index (χ3n) is 13.8. The Kier molecular flexibility index (Phi) is 10.1. The van der Waals surface area contributed by atoms with Crippen LogP contribution in [0.4, 0.5) is 0 Å². The fourth-order valence-electron chi connectivity index (χ4n) is 11.0. The standard InChI is InChI=1S/C24H32O4.C23H22O6/c1-14-12-18-19(22(4)9-6-17(27)13-21(14)22)7-10-23(5)20(18)8-11-24(23,15(2)25)28-16(3)26;1-23(2)11-10-15-16(29-23)12-17-19(20(15)26-4)21(27-5)18(22(24)28-17)13-6-8-14(25-3)9-7-13/h12-13,18-20H,6-11H2,1-5H3;6-12H,1-5H3. The van der Waals surface area contributed by atoms with E-state index in [1.54, 1.807) is 51.5 Å². The van der Waals surface area contributed by atoms with E-state index in [0.717, 1.165) is 31.2 Å². The molecule has 10 nitrogen and oxygen atoms in total. The van der Waals surface area contributed by atoms with Gasteiger partial charge in [0.05, 0.1) is 26.9 Å². The lowest BCUT2D eigenvalue weighted by molar-refractivity contribution is -0.185. The number of ether oxygens (including phenoxy) is 5. The van der Waals surface area contributed by atoms with Gasteiger partial charge in [-0.05, 0) is 124 Å². The van der Waals surface area contributed by atoms with E-state index in [0.29, 0.717) is 75.7 Å². The second-order valence-corrected chi connectivity index (χ2v) is 17.3. The SMILES string of the molecule is CC(=O)OC1(C(C)=O)CCC2C3C=C(C)C4=CC(=O)CCC4(C)C3CCC21C.COc1ccc(-c2c(OC)c3c(OC)c4c(cc3oc2=O)OC(C)(C)C=C4)cc1. The molecular weight excluding hydrogens is 725 g/mol. The Bertz CT molecular complexity index is 2310. The molecule has 6 unspecified atom stereocenters. The van der Waals surface area contributed by atoms with Crippen LogP contribution in [0.1, 0.15) is 92.6 Å². The summed E-state index contributed by atoms with van der Waals surface area (Å²) >= 11 is 0. The molecule has 2 aromatic carbocycles. The Hall–Kier alpha value is -5.12. The summed E-state index contributed by atoms with van der Waals surface area (Å²) in [5.74, 6) is 3.22. The number of allylic oxidation sites excluding steroid dienone is 4. The van der Waals surface area contributed by atoms with E-state index < -0.39 is 16.8 Å². The number of hydrogen-bond acceptors (Lipinski definition) is 10. The number of benzene rings is 2. The highest BCUT2D eigenvalue weighted by Crippen LogP contribution is 2.68. The average molecular weight is 779 g/mol. The molecule has 2 fully saturated rings. The van der Waals surface area contributed by atoms with Gasteiger partial charge in [0.2, 0.25) is 0 Å². The molecule has 3 aromatic rings. The summed E-state index contributed by atoms with van der Waals surface area (Å²) in [4.78, 5) is 49.6. The predicted octanol–water partition coefficient (Wildman–Crippen LogP) is 9.25. The first kappa shape index (κ1) is 40.1. The van der Waals surface area contributed by atoms with Crippen molar-refractivity contribution >= 4 is 34.6 Å². The zero-order valence-electron chi connectivity index (χ0n) is 34.8. The number of esters is 1. The van der Waals surface area contributed by atoms with Crippen molar-refractivity contribution in [2.45, 2.75) is 98.2 Å². The third kappa shape index (κ3) is 6.39. The van der Waals surface area contributed by atoms with E-state index in [-0.39, 0.29) is 28.4 Å². The topological polar surface area (TPSA) is 128 Å². The van der Waals surface area contributed by atoms with Crippen LogP contribution in [-0.2, 0) is 19.1 Å². The van der Waals surface area contributed by atoms with Crippen molar-refractivity contribution in [1.29, 1.82) is 0 Å². The van der Waals surface area contributed by atoms with Gasteiger partial charge in [-0.25, -0.2) is 4.79 Å². The highest BCUT2D eigenvalue weighted by Gasteiger charge is 2.67. The molecule has 10 heteroatoms. The lowest BCUT2D eigenvalue weighted by Gasteiger charge is -2.58. The smallest absolute Gasteiger partial charge is 0.347 e. The highest BCUT2D eigenvalue weighted by molar-refractivity contribution is 5.99. The van der Waals surface area contributed by atoms with Gasteiger partial charge in [0.25, 0.3) is 0 Å². The van der Waals surface area contributed by atoms with Crippen LogP contribution in [0.5, 0.6) is 23.0 Å². The minimum absolute atomic E-state index is 0.0160. The van der Waals surface area contributed by atoms with Gasteiger partial charge in [-0.3, -0.25) is 14.4 Å². The van der Waals surface area contributed by atoms with E-state index in [4.69, 9.17) is 28.1 Å². The minimum atomic E-state index is -0.990. The first-order chi connectivity index (χ1) is 26.9. The molecule has 302 valence electrons. The Morgan fingerprint density at radius 1 is 0.860 bits per heavy atom. The first-order valence-electron chi connectivity index (χ1n) is 19.9. The van der Waals surface area contributed by atoms with Crippen LogP contribution >= 0.6 is 0 Å². The van der Waals surface area contributed by atoms with E-state index in [9.17, 15) is 19.2 Å². The molecule has 2 heterocycles. The Balaban J connectivity index is 0.000000174. The Morgan fingerprint density at radius 3 is 2.18 bits per heavy atom. The molecule has 1 aliphatic heterocycles. The molecule has 57 heavy (non-hydrogen) atoms. The quantitative estimate of drug-likeness (QED) is 0.177. The Labute approximate surface area is 334 Å². The fraction of sp³-hybridized carbons (Fsp3) is 0.489. The van der Waals surface area contributed by atoms with Crippen LogP contribution in [-0.4, -0.2) is 50.1 Å². The van der Waals surface area contributed by atoms with Gasteiger partial charge in [-0.15, -0.1) is 0 Å². The van der Waals surface area contributed by atoms with Crippen molar-refractivity contribution in [3.63, 3.8) is 0 Å². The maximum absolute atomic E-state index is 12.9. The highest BCUT2D eigenvalue weighted by atomic mass is 16.6. The molecule has 0 saturated heterocycles. The van der Waals surface area contributed by atoms with Crippen LogP contribution in [0.15, 0.2) is 68.9 Å². The van der Waals surface area contributed by atoms with Crippen molar-refractivity contribution in [2.24, 2.45) is 28.6 Å². The molecule has 6 atom stereocenters. The van der Waals surface area contributed by atoms with Gasteiger partial charge in [0.15, 0.2) is 17.2 Å². The molecule has 1 aromatic heterocycles. The molecule has 0 spiro atoms. The number of carbonyl (C=O) groups excluding carboxylic acids is 3. The van der Waals surface area contributed by atoms with Gasteiger partial charge in [-0.1, -0.05) is 37.6 Å². The normalized spacial score (nSPS) is 29.2. The molecule has 5 aliphatic rings. The minimum Gasteiger partial charge on any atom is -0.497 e. The van der Waals surface area contributed by atoms with Crippen LogP contribution in [0, 0.1) is 28.6 Å². The summed E-state index contributed by atoms with van der Waals surface area (Å²) < 4.78 is 34.1. The van der Waals surface area contributed by atoms with Crippen LogP contribution in [0.3, 0.4) is 0 Å². The van der Waals surface area contributed by atoms with E-state index >= 15 is 0 Å². The summed E-state index contributed by atoms with van der Waals surface area (Å²) in [6, 6.07) is 8.84. The summed E-state index contributed by atoms with van der Waals surface area (Å²) in [5.41, 5.74) is 2.26. The number of Topliss-reactive ketones (excluding diaryl/α,β-unsaturated/α-hetero) is 1. The number of carbonyl (C=O) groups is 3. The fourth-order valence-corrected chi connectivity index (χ4v) is 11.0. The van der Waals surface area contributed by atoms with Gasteiger partial charge in [0.1, 0.15) is 45.1 Å². The summed E-state index contributed by atoms with van der Waals surface area (Å²) in [6.07, 6.45) is 13.1. The Morgan fingerprint density at radius 2 is 1.54 bits per heavy atom. The second-order valence-electron chi connectivity index (χ2n) is 17.3. The number of methoxy groups -OCH3 is 3. The van der Waals surface area contributed by atoms with Gasteiger partial charge < -0.3 is 28.1 Å². The maximum Gasteiger partial charge on any atom is 0.347 e. The average Bonchev–Trinajstić information content (AvgIpc) is 3.46. The predicted molar refractivity (Wildman–Crippen MR) is 218 cm³/mol. The van der Waals surface area contributed by atoms with Gasteiger partial charge in [-0.2, -0.15) is 0 Å². The third-order valence-corrected chi connectivity index (χ3v) is 13.8.